The monoisotopic (exact) mass is 261 g/mol. The van der Waals surface area contributed by atoms with E-state index >= 15 is 0 Å². The first-order valence-corrected chi connectivity index (χ1v) is 4.89. The van der Waals surface area contributed by atoms with Crippen LogP contribution in [0.15, 0.2) is 18.2 Å². The summed E-state index contributed by atoms with van der Waals surface area (Å²) in [4.78, 5) is 0. The van der Waals surface area contributed by atoms with Gasteiger partial charge in [-0.3, -0.25) is 0 Å². The van der Waals surface area contributed by atoms with Gasteiger partial charge in [-0.05, 0) is 19.1 Å². The van der Waals surface area contributed by atoms with Crippen LogP contribution in [-0.2, 0) is 0 Å². The quantitative estimate of drug-likeness (QED) is 0.814. The van der Waals surface area contributed by atoms with Crippen molar-refractivity contribution in [2.75, 3.05) is 0 Å². The Kier molecular flexibility index (Phi) is 4.16. The van der Waals surface area contributed by atoms with Crippen molar-refractivity contribution in [3.63, 3.8) is 0 Å². The molecule has 7 heteroatoms. The van der Waals surface area contributed by atoms with Gasteiger partial charge in [-0.25, -0.2) is 0 Å². The molecule has 0 bridgehead atoms. The molecular formula is C11H10F3NO3. The van der Waals surface area contributed by atoms with Gasteiger partial charge >= 0.3 is 6.18 Å². The van der Waals surface area contributed by atoms with Crippen molar-refractivity contribution in [2.45, 2.75) is 25.5 Å². The van der Waals surface area contributed by atoms with Crippen LogP contribution in [0.1, 0.15) is 24.3 Å². The Morgan fingerprint density at radius 3 is 2.39 bits per heavy atom. The number of rotatable bonds is 3. The number of aliphatic hydroxyl groups excluding tert-OH is 1. The maximum Gasteiger partial charge on any atom is 0.425 e. The van der Waals surface area contributed by atoms with Gasteiger partial charge in [0, 0.05) is 5.56 Å². The van der Waals surface area contributed by atoms with Crippen LogP contribution in [0.4, 0.5) is 13.2 Å². The Bertz CT molecular complexity index is 466. The summed E-state index contributed by atoms with van der Waals surface area (Å²) in [5.74, 6) is -0.258. The highest BCUT2D eigenvalue weighted by Gasteiger charge is 2.38. The highest BCUT2D eigenvalue weighted by atomic mass is 19.4. The molecule has 0 aliphatic rings. The molecule has 1 atom stereocenters. The summed E-state index contributed by atoms with van der Waals surface area (Å²) < 4.78 is 41.5. The fourth-order valence-corrected chi connectivity index (χ4v) is 1.16. The molecule has 0 saturated carbocycles. The summed E-state index contributed by atoms with van der Waals surface area (Å²) in [6.07, 6.45) is -8.40. The van der Waals surface area contributed by atoms with Crippen molar-refractivity contribution in [3.8, 4) is 11.8 Å². The lowest BCUT2D eigenvalue weighted by atomic mass is 10.1. The molecule has 1 aromatic carbocycles. The molecule has 2 N–H and O–H groups in total. The molecule has 0 fully saturated rings. The number of hydrogen-bond acceptors (Lipinski definition) is 4. The normalized spacial score (nSPS) is 13.2. The molecule has 0 spiro atoms. The molecule has 0 aromatic heterocycles. The third-order valence-electron chi connectivity index (χ3n) is 2.19. The van der Waals surface area contributed by atoms with Gasteiger partial charge in [0.25, 0.3) is 0 Å². The number of alkyl halides is 3. The molecule has 0 aliphatic heterocycles. The second-order valence-electron chi connectivity index (χ2n) is 3.54. The van der Waals surface area contributed by atoms with Crippen molar-refractivity contribution in [1.29, 1.82) is 5.26 Å². The van der Waals surface area contributed by atoms with Crippen LogP contribution in [0, 0.1) is 11.3 Å². The molecule has 1 aromatic rings. The predicted molar refractivity (Wildman–Crippen MR) is 54.5 cm³/mol. The molecular weight excluding hydrogens is 251 g/mol. The van der Waals surface area contributed by atoms with Crippen LogP contribution in [0.3, 0.4) is 0 Å². The van der Waals surface area contributed by atoms with Crippen molar-refractivity contribution >= 4 is 0 Å². The highest BCUT2D eigenvalue weighted by molar-refractivity contribution is 5.45. The first-order chi connectivity index (χ1) is 8.25. The summed E-state index contributed by atoms with van der Waals surface area (Å²) in [7, 11) is 0. The minimum Gasteiger partial charge on any atom is -0.480 e. The third-order valence-corrected chi connectivity index (χ3v) is 2.19. The first kappa shape index (κ1) is 14.3. The molecule has 0 radical (unpaired) electrons. The van der Waals surface area contributed by atoms with Crippen LogP contribution >= 0.6 is 0 Å². The number of nitriles is 1. The zero-order valence-electron chi connectivity index (χ0n) is 9.27. The molecule has 98 valence electrons. The molecule has 0 heterocycles. The smallest absolute Gasteiger partial charge is 0.425 e. The van der Waals surface area contributed by atoms with E-state index in [1.165, 1.54) is 6.07 Å². The maximum absolute atomic E-state index is 12.3. The fraction of sp³-hybridized carbons (Fsp3) is 0.364. The van der Waals surface area contributed by atoms with E-state index in [0.717, 1.165) is 19.1 Å². The lowest BCUT2D eigenvalue weighted by Crippen LogP contribution is -2.31. The molecule has 1 rings (SSSR count). The number of aliphatic hydroxyl groups is 2. The van der Waals surface area contributed by atoms with Crippen LogP contribution in [0.2, 0.25) is 0 Å². The molecule has 18 heavy (non-hydrogen) atoms. The van der Waals surface area contributed by atoms with E-state index in [1.807, 2.05) is 0 Å². The standard InChI is InChI=1S/C11H10F3NO3/c1-6(11(12,13)14)18-9-3-2-7(10(16)17)4-8(9)5-15/h2-4,6,10,16-17H,1H3. The fourth-order valence-electron chi connectivity index (χ4n) is 1.16. The topological polar surface area (TPSA) is 73.5 Å². The van der Waals surface area contributed by atoms with Gasteiger partial charge in [0.2, 0.25) is 0 Å². The Morgan fingerprint density at radius 2 is 1.94 bits per heavy atom. The lowest BCUT2D eigenvalue weighted by molar-refractivity contribution is -0.189. The highest BCUT2D eigenvalue weighted by Crippen LogP contribution is 2.28. The summed E-state index contributed by atoms with van der Waals surface area (Å²) in [6.45, 7) is 0.815. The van der Waals surface area contributed by atoms with Crippen LogP contribution in [0.5, 0.6) is 5.75 Å². The first-order valence-electron chi connectivity index (χ1n) is 4.89. The van der Waals surface area contributed by atoms with Gasteiger partial charge in [0.1, 0.15) is 11.8 Å². The van der Waals surface area contributed by atoms with E-state index < -0.39 is 18.6 Å². The van der Waals surface area contributed by atoms with Gasteiger partial charge in [-0.1, -0.05) is 6.07 Å². The zero-order chi connectivity index (χ0) is 13.9. The van der Waals surface area contributed by atoms with Crippen LogP contribution < -0.4 is 4.74 Å². The maximum atomic E-state index is 12.3. The minimum absolute atomic E-state index is 0.00133. The van der Waals surface area contributed by atoms with Gasteiger partial charge in [-0.2, -0.15) is 18.4 Å². The molecule has 1 unspecified atom stereocenters. The Morgan fingerprint density at radius 1 is 1.33 bits per heavy atom. The Balaban J connectivity index is 3.01. The Labute approximate surface area is 101 Å². The summed E-state index contributed by atoms with van der Waals surface area (Å²) in [5, 5.41) is 26.5. The van der Waals surface area contributed by atoms with Gasteiger partial charge in [-0.15, -0.1) is 0 Å². The average molecular weight is 261 g/mol. The molecule has 4 nitrogen and oxygen atoms in total. The Hall–Kier alpha value is -1.78. The predicted octanol–water partition coefficient (Wildman–Crippen LogP) is 1.87. The lowest BCUT2D eigenvalue weighted by Gasteiger charge is -2.18. The van der Waals surface area contributed by atoms with Crippen molar-refractivity contribution in [2.24, 2.45) is 0 Å². The minimum atomic E-state index is -4.54. The second-order valence-corrected chi connectivity index (χ2v) is 3.54. The second kappa shape index (κ2) is 5.25. The zero-order valence-corrected chi connectivity index (χ0v) is 9.27. The third kappa shape index (κ3) is 3.35. The van der Waals surface area contributed by atoms with Crippen molar-refractivity contribution in [1.82, 2.24) is 0 Å². The van der Waals surface area contributed by atoms with Crippen LogP contribution in [0.25, 0.3) is 0 Å². The number of hydrogen-bond donors (Lipinski definition) is 2. The van der Waals surface area contributed by atoms with E-state index in [4.69, 9.17) is 15.5 Å². The molecule has 0 aliphatic carbocycles. The SMILES string of the molecule is CC(Oc1ccc(C(O)O)cc1C#N)C(F)(F)F. The summed E-state index contributed by atoms with van der Waals surface area (Å²) in [6, 6.07) is 4.96. The van der Waals surface area contributed by atoms with Gasteiger partial charge in [0.05, 0.1) is 5.56 Å². The number of nitrogens with zero attached hydrogens (tertiary/aromatic N) is 1. The van der Waals surface area contributed by atoms with E-state index in [0.29, 0.717) is 0 Å². The van der Waals surface area contributed by atoms with E-state index in [1.54, 1.807) is 6.07 Å². The van der Waals surface area contributed by atoms with Gasteiger partial charge in [0.15, 0.2) is 12.4 Å². The number of benzene rings is 1. The van der Waals surface area contributed by atoms with Gasteiger partial charge < -0.3 is 14.9 Å². The van der Waals surface area contributed by atoms with E-state index in [-0.39, 0.29) is 16.9 Å². The largest absolute Gasteiger partial charge is 0.480 e. The number of ether oxygens (including phenoxy) is 1. The number of halogens is 3. The van der Waals surface area contributed by atoms with Crippen molar-refractivity contribution in [3.05, 3.63) is 29.3 Å². The molecule has 0 saturated heterocycles. The summed E-state index contributed by atoms with van der Waals surface area (Å²) >= 11 is 0. The summed E-state index contributed by atoms with van der Waals surface area (Å²) in [5.41, 5.74) is -0.199. The molecule has 0 amide bonds. The van der Waals surface area contributed by atoms with Crippen LogP contribution in [-0.4, -0.2) is 22.5 Å². The van der Waals surface area contributed by atoms with E-state index in [9.17, 15) is 13.2 Å². The van der Waals surface area contributed by atoms with E-state index in [2.05, 4.69) is 4.74 Å². The average Bonchev–Trinajstić information content (AvgIpc) is 2.27. The van der Waals surface area contributed by atoms with Crippen molar-refractivity contribution < 1.29 is 28.1 Å².